The summed E-state index contributed by atoms with van der Waals surface area (Å²) in [4.78, 5) is 16.1. The Morgan fingerprint density at radius 2 is 1.92 bits per heavy atom. The maximum atomic E-state index is 12.1. The van der Waals surface area contributed by atoms with Crippen LogP contribution in [0.4, 0.5) is 0 Å². The third kappa shape index (κ3) is 3.56. The molecule has 128 valence electrons. The van der Waals surface area contributed by atoms with Crippen LogP contribution in [-0.4, -0.2) is 42.8 Å². The summed E-state index contributed by atoms with van der Waals surface area (Å²) in [7, 11) is 1.84. The Morgan fingerprint density at radius 1 is 1.12 bits per heavy atom. The van der Waals surface area contributed by atoms with Gasteiger partial charge in [-0.1, -0.05) is 0 Å². The molecule has 0 unspecified atom stereocenters. The van der Waals surface area contributed by atoms with Gasteiger partial charge < -0.3 is 0 Å². The number of likely N-dealkylation sites (tertiary alicyclic amines) is 1. The van der Waals surface area contributed by atoms with E-state index in [0.717, 1.165) is 50.4 Å². The van der Waals surface area contributed by atoms with Gasteiger partial charge >= 0.3 is 0 Å². The molecular formula is C17H24N6O. The zero-order chi connectivity index (χ0) is 16.5. The molecule has 2 aliphatic rings. The van der Waals surface area contributed by atoms with Crippen molar-refractivity contribution in [1.29, 1.82) is 0 Å². The Bertz CT molecular complexity index is 754. The molecule has 3 heterocycles. The minimum Gasteiger partial charge on any atom is -0.297 e. The van der Waals surface area contributed by atoms with Crippen molar-refractivity contribution in [2.75, 3.05) is 13.1 Å². The van der Waals surface area contributed by atoms with Crippen LogP contribution in [-0.2, 0) is 20.1 Å². The maximum Gasteiger partial charge on any atom is 0.266 e. The highest BCUT2D eigenvalue weighted by atomic mass is 16.1. The average Bonchev–Trinajstić information content (AvgIpc) is 3.35. The maximum absolute atomic E-state index is 12.1. The molecule has 0 atom stereocenters. The number of piperidine rings is 1. The fourth-order valence-electron chi connectivity index (χ4n) is 3.45. The third-order valence-corrected chi connectivity index (χ3v) is 5.05. The van der Waals surface area contributed by atoms with Gasteiger partial charge in [-0.25, -0.2) is 4.68 Å². The number of nitrogens with zero attached hydrogens (tertiary/aromatic N) is 6. The van der Waals surface area contributed by atoms with Crippen molar-refractivity contribution >= 4 is 0 Å². The minimum atomic E-state index is 0.0291. The van der Waals surface area contributed by atoms with E-state index in [2.05, 4.69) is 20.2 Å². The van der Waals surface area contributed by atoms with E-state index in [4.69, 9.17) is 0 Å². The number of aryl methyl sites for hydroxylation is 1. The van der Waals surface area contributed by atoms with Crippen LogP contribution in [0.3, 0.4) is 0 Å². The van der Waals surface area contributed by atoms with Crippen molar-refractivity contribution in [3.05, 3.63) is 40.1 Å². The van der Waals surface area contributed by atoms with E-state index < -0.39 is 0 Å². The zero-order valence-electron chi connectivity index (χ0n) is 14.1. The molecule has 0 amide bonds. The van der Waals surface area contributed by atoms with E-state index in [1.807, 2.05) is 19.3 Å². The van der Waals surface area contributed by atoms with Gasteiger partial charge in [0.25, 0.3) is 5.56 Å². The summed E-state index contributed by atoms with van der Waals surface area (Å²) in [6, 6.07) is 3.59. The average molecular weight is 328 g/mol. The first-order valence-electron chi connectivity index (χ1n) is 8.83. The minimum absolute atomic E-state index is 0.0291. The van der Waals surface area contributed by atoms with E-state index in [9.17, 15) is 4.79 Å². The van der Waals surface area contributed by atoms with Gasteiger partial charge in [-0.2, -0.15) is 20.1 Å². The summed E-state index contributed by atoms with van der Waals surface area (Å²) >= 11 is 0. The Labute approximate surface area is 141 Å². The lowest BCUT2D eigenvalue weighted by Gasteiger charge is -2.31. The Hall–Kier alpha value is -2.02. The summed E-state index contributed by atoms with van der Waals surface area (Å²) in [6.45, 7) is 3.69. The van der Waals surface area contributed by atoms with E-state index in [1.165, 1.54) is 12.8 Å². The Morgan fingerprint density at radius 3 is 2.58 bits per heavy atom. The molecule has 7 heteroatoms. The highest BCUT2D eigenvalue weighted by molar-refractivity contribution is 5.12. The van der Waals surface area contributed by atoms with Gasteiger partial charge in [0.05, 0.1) is 17.6 Å². The number of rotatable bonds is 5. The van der Waals surface area contributed by atoms with Gasteiger partial charge in [0.2, 0.25) is 0 Å². The molecule has 0 bridgehead atoms. The van der Waals surface area contributed by atoms with E-state index >= 15 is 0 Å². The second-order valence-electron chi connectivity index (χ2n) is 7.10. The number of hydrogen-bond acceptors (Lipinski definition) is 5. The number of hydrogen-bond donors (Lipinski definition) is 0. The SMILES string of the molecule is Cn1ncc(CN2CCC(Cn3nc(C4CC4)ccc3=O)CC2)n1. The Balaban J connectivity index is 1.33. The van der Waals surface area contributed by atoms with Crippen LogP contribution in [0.5, 0.6) is 0 Å². The first-order chi connectivity index (χ1) is 11.7. The predicted molar refractivity (Wildman–Crippen MR) is 89.5 cm³/mol. The van der Waals surface area contributed by atoms with Crippen molar-refractivity contribution in [1.82, 2.24) is 29.7 Å². The van der Waals surface area contributed by atoms with Gasteiger partial charge in [0.1, 0.15) is 0 Å². The van der Waals surface area contributed by atoms with Crippen LogP contribution in [0.15, 0.2) is 23.1 Å². The summed E-state index contributed by atoms with van der Waals surface area (Å²) in [6.07, 6.45) is 6.46. The van der Waals surface area contributed by atoms with Crippen LogP contribution >= 0.6 is 0 Å². The standard InChI is InChI=1S/C17H24N6O/c1-21-18-10-15(19-21)12-22-8-6-13(7-9-22)11-23-17(24)5-4-16(20-23)14-2-3-14/h4-5,10,13-14H,2-3,6-9,11-12H2,1H3. The fourth-order valence-corrected chi connectivity index (χ4v) is 3.45. The van der Waals surface area contributed by atoms with Gasteiger partial charge in [-0.05, 0) is 50.8 Å². The summed E-state index contributed by atoms with van der Waals surface area (Å²) in [5, 5.41) is 13.1. The highest BCUT2D eigenvalue weighted by Crippen LogP contribution is 2.38. The second-order valence-corrected chi connectivity index (χ2v) is 7.10. The lowest BCUT2D eigenvalue weighted by molar-refractivity contribution is 0.161. The molecule has 2 aromatic rings. The molecule has 24 heavy (non-hydrogen) atoms. The van der Waals surface area contributed by atoms with Crippen LogP contribution < -0.4 is 5.56 Å². The first-order valence-corrected chi connectivity index (χ1v) is 8.83. The molecule has 1 saturated heterocycles. The first kappa shape index (κ1) is 15.5. The monoisotopic (exact) mass is 328 g/mol. The topological polar surface area (TPSA) is 68.8 Å². The lowest BCUT2D eigenvalue weighted by atomic mass is 9.97. The molecule has 1 aliphatic carbocycles. The fraction of sp³-hybridized carbons (Fsp3) is 0.647. The summed E-state index contributed by atoms with van der Waals surface area (Å²) in [5.41, 5.74) is 2.14. The molecule has 0 N–H and O–H groups in total. The smallest absolute Gasteiger partial charge is 0.266 e. The van der Waals surface area contributed by atoms with Crippen LogP contribution in [0.1, 0.15) is 43.0 Å². The summed E-state index contributed by atoms with van der Waals surface area (Å²) < 4.78 is 1.69. The molecule has 1 aliphatic heterocycles. The van der Waals surface area contributed by atoms with Gasteiger partial charge in [0.15, 0.2) is 0 Å². The molecule has 0 aromatic carbocycles. The van der Waals surface area contributed by atoms with Gasteiger partial charge in [-0.15, -0.1) is 0 Å². The summed E-state index contributed by atoms with van der Waals surface area (Å²) in [5.74, 6) is 1.12. The normalized spacial score (nSPS) is 19.7. The van der Waals surface area contributed by atoms with E-state index in [-0.39, 0.29) is 5.56 Å². The van der Waals surface area contributed by atoms with Crippen LogP contribution in [0.25, 0.3) is 0 Å². The molecule has 7 nitrogen and oxygen atoms in total. The molecule has 2 aromatic heterocycles. The van der Waals surface area contributed by atoms with Crippen molar-refractivity contribution in [3.8, 4) is 0 Å². The third-order valence-electron chi connectivity index (χ3n) is 5.05. The van der Waals surface area contributed by atoms with Crippen molar-refractivity contribution in [2.24, 2.45) is 13.0 Å². The van der Waals surface area contributed by atoms with Crippen molar-refractivity contribution in [2.45, 2.75) is 44.7 Å². The lowest BCUT2D eigenvalue weighted by Crippen LogP contribution is -2.36. The van der Waals surface area contributed by atoms with Crippen LogP contribution in [0.2, 0.25) is 0 Å². The highest BCUT2D eigenvalue weighted by Gasteiger charge is 2.26. The quantitative estimate of drug-likeness (QED) is 0.824. The van der Waals surface area contributed by atoms with Gasteiger partial charge in [-0.3, -0.25) is 9.69 Å². The molecule has 1 saturated carbocycles. The molecule has 0 radical (unpaired) electrons. The Kier molecular flexibility index (Phi) is 4.18. The van der Waals surface area contributed by atoms with Crippen LogP contribution in [0, 0.1) is 5.92 Å². The van der Waals surface area contributed by atoms with E-state index in [0.29, 0.717) is 11.8 Å². The van der Waals surface area contributed by atoms with E-state index in [1.54, 1.807) is 15.5 Å². The largest absolute Gasteiger partial charge is 0.297 e. The second kappa shape index (κ2) is 6.47. The molecule has 4 rings (SSSR count). The molecular weight excluding hydrogens is 304 g/mol. The van der Waals surface area contributed by atoms with Crippen molar-refractivity contribution in [3.63, 3.8) is 0 Å². The zero-order valence-corrected chi connectivity index (χ0v) is 14.1. The van der Waals surface area contributed by atoms with Crippen molar-refractivity contribution < 1.29 is 0 Å². The molecule has 0 spiro atoms. The molecule has 2 fully saturated rings. The van der Waals surface area contributed by atoms with Gasteiger partial charge in [0, 0.05) is 32.1 Å². The number of aromatic nitrogens is 5. The predicted octanol–water partition coefficient (Wildman–Crippen LogP) is 1.16.